The van der Waals surface area contributed by atoms with Gasteiger partial charge in [-0.2, -0.15) is 0 Å². The van der Waals surface area contributed by atoms with Gasteiger partial charge in [-0.25, -0.2) is 0 Å². The van der Waals surface area contributed by atoms with Crippen LogP contribution in [0.1, 0.15) is 37.7 Å². The van der Waals surface area contributed by atoms with Crippen LogP contribution in [0.15, 0.2) is 26.4 Å². The van der Waals surface area contributed by atoms with Crippen LogP contribution in [-0.4, -0.2) is 12.5 Å². The lowest BCUT2D eigenvalue weighted by atomic mass is 9.77. The molecule has 0 atom stereocenters. The van der Waals surface area contributed by atoms with Crippen molar-refractivity contribution in [3.05, 3.63) is 22.2 Å². The van der Waals surface area contributed by atoms with E-state index in [1.54, 1.807) is 23.5 Å². The number of thioether (sulfide) groups is 2. The summed E-state index contributed by atoms with van der Waals surface area (Å²) in [6.45, 7) is 0. The lowest BCUT2D eigenvalue weighted by Crippen LogP contribution is -2.38. The van der Waals surface area contributed by atoms with Gasteiger partial charge in [0.2, 0.25) is 0 Å². The van der Waals surface area contributed by atoms with Crippen LogP contribution >= 0.6 is 39.5 Å². The van der Waals surface area contributed by atoms with E-state index in [0.29, 0.717) is 0 Å². The second kappa shape index (κ2) is 6.21. The molecule has 1 saturated carbocycles. The molecule has 1 aromatic rings. The van der Waals surface area contributed by atoms with Gasteiger partial charge >= 0.3 is 0 Å². The molecule has 2 rings (SSSR count). The quantitative estimate of drug-likeness (QED) is 0.779. The highest BCUT2D eigenvalue weighted by molar-refractivity contribution is 9.10. The van der Waals surface area contributed by atoms with Crippen LogP contribution in [0.4, 0.5) is 0 Å². The van der Waals surface area contributed by atoms with Crippen molar-refractivity contribution in [2.24, 2.45) is 5.73 Å². The maximum absolute atomic E-state index is 6.63. The van der Waals surface area contributed by atoms with E-state index in [9.17, 15) is 0 Å². The molecule has 4 heteroatoms. The Hall–Kier alpha value is 0.360. The topological polar surface area (TPSA) is 26.0 Å². The lowest BCUT2D eigenvalue weighted by molar-refractivity contribution is 0.301. The lowest BCUT2D eigenvalue weighted by Gasteiger charge is -2.34. The molecule has 0 spiro atoms. The molecule has 1 nitrogen and oxygen atoms in total. The van der Waals surface area contributed by atoms with Gasteiger partial charge in [0.15, 0.2) is 0 Å². The van der Waals surface area contributed by atoms with Crippen molar-refractivity contribution >= 4 is 39.5 Å². The Kier molecular flexibility index (Phi) is 5.09. The van der Waals surface area contributed by atoms with Gasteiger partial charge in [-0.15, -0.1) is 23.5 Å². The van der Waals surface area contributed by atoms with Crippen LogP contribution in [0.2, 0.25) is 0 Å². The van der Waals surface area contributed by atoms with Gasteiger partial charge in [0, 0.05) is 19.8 Å². The third-order valence-corrected chi connectivity index (χ3v) is 6.38. The monoisotopic (exact) mass is 345 g/mol. The SMILES string of the molecule is CSc1cc(C2(N)CCCCC2)cc(Br)c1SC. The first-order valence-corrected chi connectivity index (χ1v) is 9.56. The number of hydrogen-bond acceptors (Lipinski definition) is 3. The number of nitrogens with two attached hydrogens (primary N) is 1. The molecular weight excluding hydrogens is 326 g/mol. The maximum Gasteiger partial charge on any atom is 0.0410 e. The van der Waals surface area contributed by atoms with Gasteiger partial charge in [-0.1, -0.05) is 19.3 Å². The van der Waals surface area contributed by atoms with Gasteiger partial charge in [-0.3, -0.25) is 0 Å². The van der Waals surface area contributed by atoms with E-state index < -0.39 is 0 Å². The predicted molar refractivity (Wildman–Crippen MR) is 86.7 cm³/mol. The number of benzene rings is 1. The van der Waals surface area contributed by atoms with Crippen LogP contribution in [0.3, 0.4) is 0 Å². The average Bonchev–Trinajstić information content (AvgIpc) is 2.38. The number of rotatable bonds is 3. The molecule has 100 valence electrons. The van der Waals surface area contributed by atoms with Crippen molar-refractivity contribution in [2.45, 2.75) is 47.4 Å². The largest absolute Gasteiger partial charge is 0.321 e. The summed E-state index contributed by atoms with van der Waals surface area (Å²) in [6, 6.07) is 4.53. The molecule has 0 heterocycles. The highest BCUT2D eigenvalue weighted by Crippen LogP contribution is 2.41. The van der Waals surface area contributed by atoms with E-state index in [-0.39, 0.29) is 5.54 Å². The van der Waals surface area contributed by atoms with E-state index >= 15 is 0 Å². The predicted octanol–water partition coefficient (Wildman–Crippen LogP) is 5.01. The second-order valence-corrected chi connectivity index (χ2v) is 7.43. The zero-order valence-corrected chi connectivity index (χ0v) is 14.2. The third-order valence-electron chi connectivity index (χ3n) is 3.75. The summed E-state index contributed by atoms with van der Waals surface area (Å²) in [5, 5.41) is 0. The Morgan fingerprint density at radius 2 is 1.78 bits per heavy atom. The van der Waals surface area contributed by atoms with Crippen molar-refractivity contribution in [3.8, 4) is 0 Å². The zero-order chi connectivity index (χ0) is 13.2. The van der Waals surface area contributed by atoms with Crippen LogP contribution in [0, 0.1) is 0 Å². The Morgan fingerprint density at radius 3 is 2.33 bits per heavy atom. The van der Waals surface area contributed by atoms with Gasteiger partial charge in [0.25, 0.3) is 0 Å². The van der Waals surface area contributed by atoms with Gasteiger partial charge in [-0.05, 0) is 59.0 Å². The standard InChI is InChI=1S/C14H20BrNS2/c1-17-12-9-10(8-11(15)13(12)18-2)14(16)6-4-3-5-7-14/h8-9H,3-7,16H2,1-2H3. The summed E-state index contributed by atoms with van der Waals surface area (Å²) >= 11 is 7.30. The van der Waals surface area contributed by atoms with Crippen LogP contribution in [-0.2, 0) is 5.54 Å². The Labute approximate surface area is 127 Å². The minimum absolute atomic E-state index is 0.109. The molecule has 0 aromatic heterocycles. The molecule has 1 aliphatic carbocycles. The molecule has 0 amide bonds. The van der Waals surface area contributed by atoms with Crippen LogP contribution in [0.25, 0.3) is 0 Å². The normalized spacial score (nSPS) is 18.9. The van der Waals surface area contributed by atoms with Crippen molar-refractivity contribution in [3.63, 3.8) is 0 Å². The molecule has 1 fully saturated rings. The van der Waals surface area contributed by atoms with E-state index in [4.69, 9.17) is 5.73 Å². The van der Waals surface area contributed by atoms with E-state index in [0.717, 1.165) is 12.8 Å². The summed E-state index contributed by atoms with van der Waals surface area (Å²) in [7, 11) is 0. The first kappa shape index (κ1) is 14.8. The Morgan fingerprint density at radius 1 is 1.11 bits per heavy atom. The van der Waals surface area contributed by atoms with E-state index in [1.807, 2.05) is 0 Å². The summed E-state index contributed by atoms with van der Waals surface area (Å²) in [5.74, 6) is 0. The van der Waals surface area contributed by atoms with Gasteiger partial charge in [0.05, 0.1) is 0 Å². The van der Waals surface area contributed by atoms with Crippen molar-refractivity contribution in [1.82, 2.24) is 0 Å². The Balaban J connectivity index is 2.42. The molecule has 0 bridgehead atoms. The maximum atomic E-state index is 6.63. The van der Waals surface area contributed by atoms with Crippen molar-refractivity contribution < 1.29 is 0 Å². The molecule has 0 aliphatic heterocycles. The molecule has 18 heavy (non-hydrogen) atoms. The first-order valence-electron chi connectivity index (χ1n) is 6.31. The molecule has 1 aromatic carbocycles. The van der Waals surface area contributed by atoms with E-state index in [1.165, 1.54) is 39.1 Å². The van der Waals surface area contributed by atoms with E-state index in [2.05, 4.69) is 40.6 Å². The average molecular weight is 346 g/mol. The molecule has 0 unspecified atom stereocenters. The van der Waals surface area contributed by atoms with Crippen molar-refractivity contribution in [1.29, 1.82) is 0 Å². The fraction of sp³-hybridized carbons (Fsp3) is 0.571. The van der Waals surface area contributed by atoms with Gasteiger partial charge < -0.3 is 5.73 Å². The third kappa shape index (κ3) is 2.92. The zero-order valence-electron chi connectivity index (χ0n) is 11.0. The Bertz CT molecular complexity index is 428. The molecule has 0 saturated heterocycles. The second-order valence-electron chi connectivity index (χ2n) is 4.91. The van der Waals surface area contributed by atoms with Crippen molar-refractivity contribution in [2.75, 3.05) is 12.5 Å². The summed E-state index contributed by atoms with van der Waals surface area (Å²) in [5.41, 5.74) is 7.82. The van der Waals surface area contributed by atoms with Crippen LogP contribution < -0.4 is 5.73 Å². The number of hydrogen-bond donors (Lipinski definition) is 1. The summed E-state index contributed by atoms with van der Waals surface area (Å²) in [6.07, 6.45) is 10.3. The summed E-state index contributed by atoms with van der Waals surface area (Å²) < 4.78 is 1.19. The van der Waals surface area contributed by atoms with Gasteiger partial charge in [0.1, 0.15) is 0 Å². The molecule has 1 aliphatic rings. The highest BCUT2D eigenvalue weighted by Gasteiger charge is 2.30. The number of halogens is 1. The minimum atomic E-state index is -0.109. The smallest absolute Gasteiger partial charge is 0.0410 e. The minimum Gasteiger partial charge on any atom is -0.321 e. The fourth-order valence-electron chi connectivity index (χ4n) is 2.68. The first-order chi connectivity index (χ1) is 8.60. The molecular formula is C14H20BrNS2. The molecule has 0 radical (unpaired) electrons. The highest BCUT2D eigenvalue weighted by atomic mass is 79.9. The molecule has 2 N–H and O–H groups in total. The van der Waals surface area contributed by atoms with Crippen LogP contribution in [0.5, 0.6) is 0 Å². The fourth-order valence-corrected chi connectivity index (χ4v) is 5.31. The summed E-state index contributed by atoms with van der Waals surface area (Å²) in [4.78, 5) is 2.66.